The lowest BCUT2D eigenvalue weighted by atomic mass is 10.2. The Labute approximate surface area is 140 Å². The monoisotopic (exact) mass is 351 g/mol. The number of halogens is 1. The highest BCUT2D eigenvalue weighted by Crippen LogP contribution is 2.33. The quantitative estimate of drug-likeness (QED) is 0.703. The molecule has 2 amide bonds. The van der Waals surface area contributed by atoms with Crippen LogP contribution in [0.3, 0.4) is 0 Å². The maximum absolute atomic E-state index is 13.3. The second kappa shape index (κ2) is 6.52. The normalized spacial score (nSPS) is 22.1. The van der Waals surface area contributed by atoms with E-state index >= 15 is 0 Å². The van der Waals surface area contributed by atoms with Crippen molar-refractivity contribution in [3.8, 4) is 5.75 Å². The van der Waals surface area contributed by atoms with Crippen molar-refractivity contribution in [1.82, 2.24) is 10.2 Å². The fourth-order valence-electron chi connectivity index (χ4n) is 2.54. The van der Waals surface area contributed by atoms with Crippen LogP contribution in [-0.4, -0.2) is 51.4 Å². The van der Waals surface area contributed by atoms with E-state index in [2.05, 4.69) is 10.3 Å². The second-order valence-electron chi connectivity index (χ2n) is 5.39. The summed E-state index contributed by atoms with van der Waals surface area (Å²) in [5, 5.41) is 21.4. The number of hydrogen-bond acceptors (Lipinski definition) is 5. The van der Waals surface area contributed by atoms with Gasteiger partial charge in [-0.3, -0.25) is 4.79 Å². The van der Waals surface area contributed by atoms with Gasteiger partial charge in [0, 0.05) is 18.7 Å². The lowest BCUT2D eigenvalue weighted by molar-refractivity contribution is -0.113. The van der Waals surface area contributed by atoms with Crippen molar-refractivity contribution in [1.29, 1.82) is 0 Å². The number of aromatic hydroxyl groups is 1. The molecule has 2 aliphatic heterocycles. The van der Waals surface area contributed by atoms with Gasteiger partial charge in [0.2, 0.25) is 0 Å². The Kier molecular flexibility index (Phi) is 4.43. The number of amidine groups is 1. The zero-order chi connectivity index (χ0) is 17.3. The number of nitrogens with zero attached hydrogens (tertiary/aromatic N) is 2. The van der Waals surface area contributed by atoms with Crippen LogP contribution in [0.4, 0.5) is 9.18 Å². The smallest absolute Gasteiger partial charge is 0.404 e. The van der Waals surface area contributed by atoms with Crippen molar-refractivity contribution < 1.29 is 24.2 Å². The van der Waals surface area contributed by atoms with Crippen molar-refractivity contribution in [3.05, 3.63) is 34.5 Å². The number of phenols is 1. The zero-order valence-electron chi connectivity index (χ0n) is 12.4. The Morgan fingerprint density at radius 3 is 3.04 bits per heavy atom. The summed E-state index contributed by atoms with van der Waals surface area (Å²) in [6, 6.07) is 3.27. The summed E-state index contributed by atoms with van der Waals surface area (Å²) >= 11 is 1.13. The highest BCUT2D eigenvalue weighted by Gasteiger charge is 2.31. The van der Waals surface area contributed by atoms with Gasteiger partial charge in [-0.05, 0) is 42.5 Å². The third-order valence-corrected chi connectivity index (χ3v) is 4.72. The van der Waals surface area contributed by atoms with Gasteiger partial charge >= 0.3 is 6.09 Å². The van der Waals surface area contributed by atoms with Gasteiger partial charge in [-0.25, -0.2) is 9.18 Å². The van der Waals surface area contributed by atoms with Crippen molar-refractivity contribution in [2.45, 2.75) is 12.5 Å². The molecule has 0 aliphatic carbocycles. The largest absolute Gasteiger partial charge is 0.507 e. The molecule has 0 bridgehead atoms. The molecule has 1 aromatic carbocycles. The van der Waals surface area contributed by atoms with E-state index in [0.29, 0.717) is 24.7 Å². The predicted octanol–water partition coefficient (Wildman–Crippen LogP) is 1.84. The number of phenolic OH excluding ortho intramolecular Hbond substituents is 1. The third-order valence-electron chi connectivity index (χ3n) is 3.67. The molecule has 2 heterocycles. The Bertz CT molecular complexity index is 765. The minimum atomic E-state index is -1.08. The minimum absolute atomic E-state index is 0.127. The molecule has 126 valence electrons. The molecule has 7 nitrogen and oxygen atoms in total. The number of rotatable bonds is 2. The predicted molar refractivity (Wildman–Crippen MR) is 87.2 cm³/mol. The summed E-state index contributed by atoms with van der Waals surface area (Å²) in [5.74, 6) is -1.11. The van der Waals surface area contributed by atoms with Crippen molar-refractivity contribution in [3.63, 3.8) is 0 Å². The van der Waals surface area contributed by atoms with Crippen LogP contribution in [0.25, 0.3) is 6.08 Å². The molecule has 9 heteroatoms. The number of carbonyl (C=O) groups excluding carboxylic acids is 1. The summed E-state index contributed by atoms with van der Waals surface area (Å²) in [7, 11) is 0. The van der Waals surface area contributed by atoms with Crippen LogP contribution < -0.4 is 5.32 Å². The number of carbonyl (C=O) groups is 2. The van der Waals surface area contributed by atoms with E-state index in [1.807, 2.05) is 4.90 Å². The van der Waals surface area contributed by atoms with E-state index in [9.17, 15) is 19.1 Å². The first-order valence-corrected chi connectivity index (χ1v) is 7.99. The van der Waals surface area contributed by atoms with Crippen LogP contribution in [0.15, 0.2) is 28.1 Å². The Balaban J connectivity index is 1.71. The number of aliphatic imine (C=N–C) groups is 1. The number of hydrogen-bond donors (Lipinski definition) is 3. The Morgan fingerprint density at radius 2 is 2.29 bits per heavy atom. The topological polar surface area (TPSA) is 102 Å². The Morgan fingerprint density at radius 1 is 1.50 bits per heavy atom. The number of thioether (sulfide) groups is 1. The fourth-order valence-corrected chi connectivity index (χ4v) is 3.48. The molecular weight excluding hydrogens is 337 g/mol. The summed E-state index contributed by atoms with van der Waals surface area (Å²) in [4.78, 5) is 28.7. The molecular formula is C15H14FN3O4S. The second-order valence-corrected chi connectivity index (χ2v) is 6.40. The van der Waals surface area contributed by atoms with E-state index in [0.717, 1.165) is 23.9 Å². The number of nitrogens with one attached hydrogen (secondary N) is 1. The molecule has 24 heavy (non-hydrogen) atoms. The van der Waals surface area contributed by atoms with E-state index in [-0.39, 0.29) is 22.3 Å². The summed E-state index contributed by atoms with van der Waals surface area (Å²) in [6.45, 7) is 1.02. The highest BCUT2D eigenvalue weighted by atomic mass is 32.2. The average molecular weight is 351 g/mol. The maximum atomic E-state index is 13.3. The first-order chi connectivity index (χ1) is 11.4. The van der Waals surface area contributed by atoms with Crippen LogP contribution in [0.1, 0.15) is 12.0 Å². The molecule has 1 fully saturated rings. The fraction of sp³-hybridized carbons (Fsp3) is 0.267. The van der Waals surface area contributed by atoms with E-state index < -0.39 is 17.8 Å². The molecule has 1 saturated heterocycles. The van der Waals surface area contributed by atoms with Gasteiger partial charge in [0.1, 0.15) is 11.6 Å². The minimum Gasteiger partial charge on any atom is -0.507 e. The number of benzene rings is 1. The van der Waals surface area contributed by atoms with Crippen molar-refractivity contribution in [2.75, 3.05) is 13.1 Å². The number of carboxylic acid groups (broad SMARTS) is 1. The molecule has 2 aliphatic rings. The lowest BCUT2D eigenvalue weighted by Crippen LogP contribution is -2.36. The number of amides is 2. The summed E-state index contributed by atoms with van der Waals surface area (Å²) in [5.41, 5.74) is 0.203. The van der Waals surface area contributed by atoms with Gasteiger partial charge in [-0.1, -0.05) is 0 Å². The number of likely N-dealkylation sites (tertiary alicyclic amines) is 1. The summed E-state index contributed by atoms with van der Waals surface area (Å²) in [6.07, 6.45) is 0.940. The SMILES string of the molecule is O=C(O)N[C@H]1CCN(C2=NC(=O)/C(=C/c3cc(F)ccc3O)S2)C1. The van der Waals surface area contributed by atoms with Crippen LogP contribution in [0.5, 0.6) is 5.75 Å². The molecule has 1 atom stereocenters. The van der Waals surface area contributed by atoms with Crippen molar-refractivity contribution >= 4 is 35.0 Å². The van der Waals surface area contributed by atoms with Gasteiger partial charge < -0.3 is 20.4 Å². The molecule has 0 radical (unpaired) electrons. The average Bonchev–Trinajstić information content (AvgIpc) is 3.10. The highest BCUT2D eigenvalue weighted by molar-refractivity contribution is 8.18. The van der Waals surface area contributed by atoms with E-state index in [1.54, 1.807) is 0 Å². The summed E-state index contributed by atoms with van der Waals surface area (Å²) < 4.78 is 13.3. The van der Waals surface area contributed by atoms with Gasteiger partial charge in [0.25, 0.3) is 5.91 Å². The zero-order valence-corrected chi connectivity index (χ0v) is 13.2. The standard InChI is InChI=1S/C15H14FN3O4S/c16-9-1-2-11(20)8(5-9)6-12-13(21)18-14(24-12)19-4-3-10(7-19)17-15(22)23/h1-2,5-6,10,17,20H,3-4,7H2,(H,22,23)/b12-6-/t10-/m0/s1. The third kappa shape index (κ3) is 3.51. The van der Waals surface area contributed by atoms with Crippen LogP contribution in [0, 0.1) is 5.82 Å². The van der Waals surface area contributed by atoms with E-state index in [4.69, 9.17) is 5.11 Å². The molecule has 3 rings (SSSR count). The first-order valence-electron chi connectivity index (χ1n) is 7.18. The van der Waals surface area contributed by atoms with Gasteiger partial charge in [0.05, 0.1) is 10.9 Å². The molecule has 0 saturated carbocycles. The van der Waals surface area contributed by atoms with E-state index in [1.165, 1.54) is 12.1 Å². The van der Waals surface area contributed by atoms with Crippen LogP contribution in [0.2, 0.25) is 0 Å². The molecule has 0 unspecified atom stereocenters. The van der Waals surface area contributed by atoms with Gasteiger partial charge in [-0.2, -0.15) is 4.99 Å². The molecule has 1 aromatic rings. The Hall–Kier alpha value is -2.55. The van der Waals surface area contributed by atoms with Crippen molar-refractivity contribution in [2.24, 2.45) is 4.99 Å². The van der Waals surface area contributed by atoms with Gasteiger partial charge in [-0.15, -0.1) is 0 Å². The molecule has 0 spiro atoms. The van der Waals surface area contributed by atoms with Crippen LogP contribution in [-0.2, 0) is 4.79 Å². The maximum Gasteiger partial charge on any atom is 0.404 e. The first kappa shape index (κ1) is 16.3. The van der Waals surface area contributed by atoms with Gasteiger partial charge in [0.15, 0.2) is 5.17 Å². The lowest BCUT2D eigenvalue weighted by Gasteiger charge is -2.16. The van der Waals surface area contributed by atoms with Crippen LogP contribution >= 0.6 is 11.8 Å². The molecule has 0 aromatic heterocycles. The molecule has 3 N–H and O–H groups in total.